The Morgan fingerprint density at radius 3 is 2.39 bits per heavy atom. The van der Waals surface area contributed by atoms with Crippen LogP contribution in [0.1, 0.15) is 27.0 Å². The number of hydrogen-bond acceptors (Lipinski definition) is 6. The Morgan fingerprint density at radius 1 is 1.03 bits per heavy atom. The van der Waals surface area contributed by atoms with Crippen LogP contribution in [0.3, 0.4) is 0 Å². The van der Waals surface area contributed by atoms with E-state index in [0.29, 0.717) is 22.8 Å². The van der Waals surface area contributed by atoms with Gasteiger partial charge in [0.25, 0.3) is 5.91 Å². The number of carboxylic acids is 1. The lowest BCUT2D eigenvalue weighted by molar-refractivity contribution is -0.117. The molecule has 0 radical (unpaired) electrons. The van der Waals surface area contributed by atoms with Crippen molar-refractivity contribution in [3.8, 4) is 23.3 Å². The van der Waals surface area contributed by atoms with E-state index in [0.717, 1.165) is 14.7 Å². The molecule has 0 spiro atoms. The van der Waals surface area contributed by atoms with Gasteiger partial charge < -0.3 is 24.6 Å². The highest BCUT2D eigenvalue weighted by molar-refractivity contribution is 14.1. The number of rotatable bonds is 10. The van der Waals surface area contributed by atoms with Crippen LogP contribution in [0.15, 0.2) is 66.2 Å². The number of carbonyl (C=O) groups excluding carboxylic acids is 1. The molecule has 0 aliphatic heterocycles. The minimum Gasteiger partial charge on any atom is -0.497 e. The largest absolute Gasteiger partial charge is 0.497 e. The summed E-state index contributed by atoms with van der Waals surface area (Å²) in [6.07, 6.45) is 1.51. The molecule has 3 aromatic carbocycles. The van der Waals surface area contributed by atoms with Crippen molar-refractivity contribution in [1.82, 2.24) is 5.32 Å². The van der Waals surface area contributed by atoms with E-state index in [1.54, 1.807) is 55.6 Å². The maximum atomic E-state index is 12.6. The predicted molar refractivity (Wildman–Crippen MR) is 142 cm³/mol. The SMILES string of the molecule is COc1ccc(CNC(=O)/C(C#N)=C/c2ccc(OCc3ccc(C(=O)O)cc3)c(I)c2)c(OC)c1. The number of nitriles is 1. The summed E-state index contributed by atoms with van der Waals surface area (Å²) in [5.41, 5.74) is 2.43. The van der Waals surface area contributed by atoms with Crippen molar-refractivity contribution in [1.29, 1.82) is 5.26 Å². The molecular weight excluding hydrogens is 575 g/mol. The normalized spacial score (nSPS) is 10.8. The third-order valence-electron chi connectivity index (χ3n) is 5.16. The zero-order valence-electron chi connectivity index (χ0n) is 19.6. The van der Waals surface area contributed by atoms with Gasteiger partial charge in [0.2, 0.25) is 0 Å². The summed E-state index contributed by atoms with van der Waals surface area (Å²) in [6, 6.07) is 19.0. The Morgan fingerprint density at radius 2 is 1.78 bits per heavy atom. The number of carboxylic acid groups (broad SMARTS) is 1. The Hall–Kier alpha value is -4.04. The molecule has 0 aromatic heterocycles. The Kier molecular flexibility index (Phi) is 9.30. The molecule has 0 bridgehead atoms. The monoisotopic (exact) mass is 598 g/mol. The zero-order valence-corrected chi connectivity index (χ0v) is 21.7. The van der Waals surface area contributed by atoms with E-state index in [1.165, 1.54) is 25.3 Å². The topological polar surface area (TPSA) is 118 Å². The van der Waals surface area contributed by atoms with E-state index in [1.807, 2.05) is 6.07 Å². The average molecular weight is 598 g/mol. The van der Waals surface area contributed by atoms with Crippen LogP contribution in [0.2, 0.25) is 0 Å². The third kappa shape index (κ3) is 6.99. The molecule has 2 N–H and O–H groups in total. The van der Waals surface area contributed by atoms with Gasteiger partial charge in [-0.2, -0.15) is 5.26 Å². The van der Waals surface area contributed by atoms with E-state index >= 15 is 0 Å². The van der Waals surface area contributed by atoms with Crippen molar-refractivity contribution in [3.05, 3.63) is 92.1 Å². The Bertz CT molecular complexity index is 1330. The van der Waals surface area contributed by atoms with Gasteiger partial charge in [-0.25, -0.2) is 4.79 Å². The molecule has 3 aromatic rings. The van der Waals surface area contributed by atoms with Gasteiger partial charge in [-0.3, -0.25) is 4.79 Å². The maximum absolute atomic E-state index is 12.6. The summed E-state index contributed by atoms with van der Waals surface area (Å²) in [5.74, 6) is 0.351. The van der Waals surface area contributed by atoms with E-state index in [9.17, 15) is 14.9 Å². The van der Waals surface area contributed by atoms with Crippen molar-refractivity contribution >= 4 is 40.5 Å². The fourth-order valence-electron chi connectivity index (χ4n) is 3.21. The quantitative estimate of drug-likeness (QED) is 0.196. The van der Waals surface area contributed by atoms with Gasteiger partial charge in [0.1, 0.15) is 35.5 Å². The lowest BCUT2D eigenvalue weighted by Gasteiger charge is -2.11. The number of ether oxygens (including phenoxy) is 3. The molecule has 8 nitrogen and oxygen atoms in total. The number of aromatic carboxylic acids is 1. The molecule has 1 amide bonds. The number of benzene rings is 3. The van der Waals surface area contributed by atoms with Gasteiger partial charge in [0, 0.05) is 18.2 Å². The molecule has 0 atom stereocenters. The number of nitrogens with zero attached hydrogens (tertiary/aromatic N) is 1. The molecular formula is C27H23IN2O6. The molecule has 0 heterocycles. The van der Waals surface area contributed by atoms with Crippen molar-refractivity contribution < 1.29 is 28.9 Å². The molecule has 0 fully saturated rings. The van der Waals surface area contributed by atoms with Crippen molar-refractivity contribution in [2.75, 3.05) is 14.2 Å². The van der Waals surface area contributed by atoms with E-state index in [-0.39, 0.29) is 24.3 Å². The molecule has 184 valence electrons. The maximum Gasteiger partial charge on any atom is 0.335 e. The molecule has 0 aliphatic carbocycles. The van der Waals surface area contributed by atoms with Crippen LogP contribution in [0.4, 0.5) is 0 Å². The van der Waals surface area contributed by atoms with E-state index in [4.69, 9.17) is 19.3 Å². The van der Waals surface area contributed by atoms with E-state index in [2.05, 4.69) is 27.9 Å². The molecule has 0 saturated heterocycles. The lowest BCUT2D eigenvalue weighted by Crippen LogP contribution is -2.24. The number of nitrogens with one attached hydrogen (secondary N) is 1. The van der Waals surface area contributed by atoms with Gasteiger partial charge in [0.05, 0.1) is 23.4 Å². The summed E-state index contributed by atoms with van der Waals surface area (Å²) < 4.78 is 17.2. The zero-order chi connectivity index (χ0) is 26.1. The Balaban J connectivity index is 1.65. The molecule has 0 aliphatic rings. The van der Waals surface area contributed by atoms with Crippen molar-refractivity contribution in [2.45, 2.75) is 13.2 Å². The van der Waals surface area contributed by atoms with Gasteiger partial charge in [0.15, 0.2) is 0 Å². The number of halogens is 1. The number of amides is 1. The van der Waals surface area contributed by atoms with Crippen LogP contribution in [0.25, 0.3) is 6.08 Å². The number of methoxy groups -OCH3 is 2. The number of carbonyl (C=O) groups is 2. The molecule has 3 rings (SSSR count). The highest BCUT2D eigenvalue weighted by atomic mass is 127. The molecule has 0 unspecified atom stereocenters. The highest BCUT2D eigenvalue weighted by Gasteiger charge is 2.12. The van der Waals surface area contributed by atoms with E-state index < -0.39 is 11.9 Å². The third-order valence-corrected chi connectivity index (χ3v) is 6.00. The van der Waals surface area contributed by atoms with Gasteiger partial charge in [-0.05, 0) is 76.2 Å². The molecule has 0 saturated carbocycles. The van der Waals surface area contributed by atoms with Crippen molar-refractivity contribution in [3.63, 3.8) is 0 Å². The lowest BCUT2D eigenvalue weighted by atomic mass is 10.1. The van der Waals surface area contributed by atoms with Crippen LogP contribution >= 0.6 is 22.6 Å². The first-order valence-corrected chi connectivity index (χ1v) is 11.8. The minimum absolute atomic E-state index is 0.0366. The summed E-state index contributed by atoms with van der Waals surface area (Å²) in [6.45, 7) is 0.453. The standard InChI is InChI=1S/C27H23IN2O6/c1-34-22-9-8-20(25(13-22)35-2)15-30-26(31)21(14-29)11-18-5-10-24(23(28)12-18)36-16-17-3-6-19(7-4-17)27(32)33/h3-13H,15-16H2,1-2H3,(H,30,31)(H,32,33)/b21-11+. The van der Waals surface area contributed by atoms with Crippen LogP contribution < -0.4 is 19.5 Å². The smallest absolute Gasteiger partial charge is 0.335 e. The van der Waals surface area contributed by atoms with Gasteiger partial charge in [-0.1, -0.05) is 18.2 Å². The highest BCUT2D eigenvalue weighted by Crippen LogP contribution is 2.26. The fraction of sp³-hybridized carbons (Fsp3) is 0.148. The number of hydrogen-bond donors (Lipinski definition) is 2. The average Bonchev–Trinajstić information content (AvgIpc) is 2.89. The second-order valence-electron chi connectivity index (χ2n) is 7.51. The van der Waals surface area contributed by atoms with Gasteiger partial charge in [-0.15, -0.1) is 0 Å². The summed E-state index contributed by atoms with van der Waals surface area (Å²) >= 11 is 2.12. The summed E-state index contributed by atoms with van der Waals surface area (Å²) in [5, 5.41) is 21.3. The van der Waals surface area contributed by atoms with Crippen LogP contribution in [0.5, 0.6) is 17.2 Å². The first kappa shape index (κ1) is 26.6. The first-order chi connectivity index (χ1) is 17.3. The van der Waals surface area contributed by atoms with Crippen LogP contribution in [0, 0.1) is 14.9 Å². The van der Waals surface area contributed by atoms with Crippen LogP contribution in [-0.2, 0) is 17.9 Å². The summed E-state index contributed by atoms with van der Waals surface area (Å²) in [4.78, 5) is 23.6. The van der Waals surface area contributed by atoms with Crippen molar-refractivity contribution in [2.24, 2.45) is 0 Å². The van der Waals surface area contributed by atoms with Gasteiger partial charge >= 0.3 is 5.97 Å². The van der Waals surface area contributed by atoms with Crippen LogP contribution in [-0.4, -0.2) is 31.2 Å². The Labute approximate surface area is 222 Å². The predicted octanol–water partition coefficient (Wildman–Crippen LogP) is 4.81. The second kappa shape index (κ2) is 12.6. The summed E-state index contributed by atoms with van der Waals surface area (Å²) in [7, 11) is 3.09. The minimum atomic E-state index is -0.980. The first-order valence-electron chi connectivity index (χ1n) is 10.7. The fourth-order valence-corrected chi connectivity index (χ4v) is 3.91. The second-order valence-corrected chi connectivity index (χ2v) is 8.67. The molecule has 36 heavy (non-hydrogen) atoms. The molecule has 9 heteroatoms.